The third-order valence-corrected chi connectivity index (χ3v) is 3.81. The van der Waals surface area contributed by atoms with E-state index < -0.39 is 13.1 Å². The van der Waals surface area contributed by atoms with E-state index in [-0.39, 0.29) is 18.8 Å². The average molecular weight is 295 g/mol. The Balaban J connectivity index is 3.33. The molecule has 0 saturated carbocycles. The van der Waals surface area contributed by atoms with Crippen LogP contribution in [0.2, 0.25) is 5.02 Å². The van der Waals surface area contributed by atoms with Gasteiger partial charge in [0.15, 0.2) is 0 Å². The number of ether oxygens (including phenoxy) is 2. The zero-order chi connectivity index (χ0) is 13.8. The molecule has 0 radical (unpaired) electrons. The van der Waals surface area contributed by atoms with Crippen LogP contribution in [0.3, 0.4) is 0 Å². The van der Waals surface area contributed by atoms with Crippen LogP contribution in [0.15, 0.2) is 24.3 Å². The van der Waals surface area contributed by atoms with Crippen LogP contribution in [0.25, 0.3) is 0 Å². The van der Waals surface area contributed by atoms with Crippen LogP contribution in [0.4, 0.5) is 0 Å². The van der Waals surface area contributed by atoms with Crippen molar-refractivity contribution in [2.45, 2.75) is 19.4 Å². The Labute approximate surface area is 111 Å². The maximum atomic E-state index is 11.7. The first-order valence-electron chi connectivity index (χ1n) is 5.47. The highest BCUT2D eigenvalue weighted by Gasteiger charge is 2.51. The van der Waals surface area contributed by atoms with Gasteiger partial charge in [-0.3, -0.25) is 4.57 Å². The van der Waals surface area contributed by atoms with Gasteiger partial charge in [0.2, 0.25) is 0 Å². The van der Waals surface area contributed by atoms with Crippen molar-refractivity contribution >= 4 is 19.2 Å². The normalized spacial score (nSPS) is 12.7. The van der Waals surface area contributed by atoms with E-state index in [2.05, 4.69) is 0 Å². The monoisotopic (exact) mass is 294 g/mol. The van der Waals surface area contributed by atoms with Crippen LogP contribution in [-0.4, -0.2) is 23.0 Å². The smallest absolute Gasteiger partial charge is 0.337 e. The van der Waals surface area contributed by atoms with Crippen molar-refractivity contribution in [2.24, 2.45) is 0 Å². The van der Waals surface area contributed by atoms with Gasteiger partial charge in [-0.15, -0.1) is 0 Å². The Morgan fingerprint density at radius 3 is 1.94 bits per heavy atom. The fourth-order valence-electron chi connectivity index (χ4n) is 1.60. The van der Waals surface area contributed by atoms with E-state index in [0.29, 0.717) is 5.02 Å². The molecule has 1 rings (SSSR count). The summed E-state index contributed by atoms with van der Waals surface area (Å²) in [6, 6.07) is 6.01. The molecule has 5 nitrogen and oxygen atoms in total. The highest BCUT2D eigenvalue weighted by atomic mass is 35.5. The number of benzene rings is 1. The van der Waals surface area contributed by atoms with Crippen molar-refractivity contribution in [3.05, 3.63) is 34.9 Å². The van der Waals surface area contributed by atoms with E-state index in [0.717, 1.165) is 0 Å². The number of hydrogen-bond acceptors (Lipinski definition) is 3. The number of rotatable bonds is 6. The van der Waals surface area contributed by atoms with Gasteiger partial charge in [-0.25, -0.2) is 0 Å². The average Bonchev–Trinajstić information content (AvgIpc) is 2.28. The Morgan fingerprint density at radius 1 is 1.17 bits per heavy atom. The summed E-state index contributed by atoms with van der Waals surface area (Å²) in [6.07, 6.45) is 0. The summed E-state index contributed by atoms with van der Waals surface area (Å²) in [7, 11) is -4.66. The minimum absolute atomic E-state index is 0.105. The molecule has 0 amide bonds. The highest BCUT2D eigenvalue weighted by molar-refractivity contribution is 7.52. The predicted octanol–water partition coefficient (Wildman–Crippen LogP) is 2.70. The van der Waals surface area contributed by atoms with Crippen LogP contribution in [-0.2, 0) is 19.6 Å². The molecule has 0 fully saturated rings. The van der Waals surface area contributed by atoms with E-state index in [9.17, 15) is 14.4 Å². The zero-order valence-corrected chi connectivity index (χ0v) is 11.8. The standard InChI is InChI=1S/C11H16ClO5P/c1-3-16-11(17-4-2,18(13,14)15)9-5-7-10(12)8-6-9/h5-8H,3-4H2,1-2H3,(H2,13,14,15). The summed E-state index contributed by atoms with van der Waals surface area (Å²) in [5, 5.41) is 0.464. The lowest BCUT2D eigenvalue weighted by Gasteiger charge is -2.33. The van der Waals surface area contributed by atoms with Crippen molar-refractivity contribution in [1.29, 1.82) is 0 Å². The van der Waals surface area contributed by atoms with Gasteiger partial charge in [0.1, 0.15) is 0 Å². The third kappa shape index (κ3) is 3.12. The molecule has 0 bridgehead atoms. The van der Waals surface area contributed by atoms with Crippen LogP contribution in [0.5, 0.6) is 0 Å². The summed E-state index contributed by atoms with van der Waals surface area (Å²) in [6.45, 7) is 3.49. The first-order chi connectivity index (χ1) is 8.37. The number of halogens is 1. The second kappa shape index (κ2) is 6.15. The summed E-state index contributed by atoms with van der Waals surface area (Å²) < 4.78 is 22.2. The molecule has 7 heteroatoms. The third-order valence-electron chi connectivity index (χ3n) is 2.27. The predicted molar refractivity (Wildman–Crippen MR) is 68.4 cm³/mol. The molecular weight excluding hydrogens is 279 g/mol. The largest absolute Gasteiger partial charge is 0.389 e. The summed E-state index contributed by atoms with van der Waals surface area (Å²) in [5.41, 5.74) is -1.83. The van der Waals surface area contributed by atoms with Gasteiger partial charge in [0.05, 0.1) is 0 Å². The molecule has 0 aromatic heterocycles. The van der Waals surface area contributed by atoms with Crippen molar-refractivity contribution < 1.29 is 23.8 Å². The van der Waals surface area contributed by atoms with Crippen molar-refractivity contribution in [3.8, 4) is 0 Å². The summed E-state index contributed by atoms with van der Waals surface area (Å²) >= 11 is 5.75. The van der Waals surface area contributed by atoms with Crippen LogP contribution in [0.1, 0.15) is 19.4 Å². The van der Waals surface area contributed by atoms with Gasteiger partial charge in [-0.2, -0.15) is 0 Å². The lowest BCUT2D eigenvalue weighted by Crippen LogP contribution is -2.33. The summed E-state index contributed by atoms with van der Waals surface area (Å²) in [4.78, 5) is 19.1. The van der Waals surface area contributed by atoms with Gasteiger partial charge >= 0.3 is 7.60 Å². The van der Waals surface area contributed by atoms with E-state index in [4.69, 9.17) is 21.1 Å². The zero-order valence-electron chi connectivity index (χ0n) is 10.2. The molecule has 0 saturated heterocycles. The van der Waals surface area contributed by atoms with Crippen LogP contribution < -0.4 is 0 Å². The van der Waals surface area contributed by atoms with E-state index in [1.807, 2.05) is 0 Å². The van der Waals surface area contributed by atoms with E-state index >= 15 is 0 Å². The maximum Gasteiger partial charge on any atom is 0.389 e. The lowest BCUT2D eigenvalue weighted by molar-refractivity contribution is -0.192. The molecule has 0 aliphatic heterocycles. The molecule has 0 unspecified atom stereocenters. The van der Waals surface area contributed by atoms with E-state index in [1.165, 1.54) is 24.3 Å². The Morgan fingerprint density at radius 2 is 1.61 bits per heavy atom. The quantitative estimate of drug-likeness (QED) is 0.623. The van der Waals surface area contributed by atoms with Crippen LogP contribution >= 0.6 is 19.2 Å². The molecule has 2 N–H and O–H groups in total. The van der Waals surface area contributed by atoms with Crippen molar-refractivity contribution in [2.75, 3.05) is 13.2 Å². The molecule has 0 heterocycles. The minimum Gasteiger partial charge on any atom is -0.337 e. The fourth-order valence-corrected chi connectivity index (χ4v) is 2.80. The molecule has 1 aromatic carbocycles. The van der Waals surface area contributed by atoms with Crippen LogP contribution in [0, 0.1) is 0 Å². The first-order valence-corrected chi connectivity index (χ1v) is 7.46. The maximum absolute atomic E-state index is 11.7. The topological polar surface area (TPSA) is 76.0 Å². The molecule has 0 atom stereocenters. The molecule has 18 heavy (non-hydrogen) atoms. The minimum atomic E-state index is -4.66. The Hall–Kier alpha value is -0.420. The highest BCUT2D eigenvalue weighted by Crippen LogP contribution is 2.58. The Kier molecular flexibility index (Phi) is 5.34. The lowest BCUT2D eigenvalue weighted by atomic mass is 10.2. The molecule has 1 aromatic rings. The van der Waals surface area contributed by atoms with Gasteiger partial charge in [-0.05, 0) is 26.0 Å². The molecule has 102 valence electrons. The van der Waals surface area contributed by atoms with Gasteiger partial charge in [0, 0.05) is 23.8 Å². The SMILES string of the molecule is CCOC(OCC)(c1ccc(Cl)cc1)P(=O)(O)O. The molecule has 0 aliphatic rings. The van der Waals surface area contributed by atoms with Gasteiger partial charge < -0.3 is 19.3 Å². The first kappa shape index (κ1) is 15.6. The van der Waals surface area contributed by atoms with Crippen molar-refractivity contribution in [1.82, 2.24) is 0 Å². The van der Waals surface area contributed by atoms with E-state index in [1.54, 1.807) is 13.8 Å². The van der Waals surface area contributed by atoms with Gasteiger partial charge in [0.25, 0.3) is 5.53 Å². The molecular formula is C11H16ClO5P. The fraction of sp³-hybridized carbons (Fsp3) is 0.455. The Bertz CT molecular complexity index is 422. The van der Waals surface area contributed by atoms with Crippen molar-refractivity contribution in [3.63, 3.8) is 0 Å². The second-order valence-corrected chi connectivity index (χ2v) is 5.61. The second-order valence-electron chi connectivity index (χ2n) is 3.50. The summed E-state index contributed by atoms with van der Waals surface area (Å²) in [5.74, 6) is 0. The number of hydrogen-bond donors (Lipinski definition) is 2. The molecule has 0 spiro atoms. The molecule has 0 aliphatic carbocycles. The van der Waals surface area contributed by atoms with Gasteiger partial charge in [-0.1, -0.05) is 23.7 Å².